The van der Waals surface area contributed by atoms with E-state index in [2.05, 4.69) is 15.4 Å². The summed E-state index contributed by atoms with van der Waals surface area (Å²) in [4.78, 5) is 14.4. The molecule has 182 valence electrons. The lowest BCUT2D eigenvalue weighted by molar-refractivity contribution is 0.0771. The zero-order valence-electron chi connectivity index (χ0n) is 19.0. The Labute approximate surface area is 202 Å². The predicted octanol–water partition coefficient (Wildman–Crippen LogP) is 3.25. The third-order valence-electron chi connectivity index (χ3n) is 5.80. The van der Waals surface area contributed by atoms with Crippen molar-refractivity contribution in [1.29, 1.82) is 0 Å². The van der Waals surface area contributed by atoms with Crippen LogP contribution in [0.5, 0.6) is 5.75 Å². The molecule has 1 aliphatic heterocycles. The number of rotatable bonds is 7. The maximum absolute atomic E-state index is 14.5. The second-order valence-corrected chi connectivity index (χ2v) is 9.73. The van der Waals surface area contributed by atoms with Crippen molar-refractivity contribution in [2.24, 2.45) is 0 Å². The van der Waals surface area contributed by atoms with Crippen LogP contribution in [-0.4, -0.2) is 75.3 Å². The van der Waals surface area contributed by atoms with Crippen LogP contribution < -0.4 is 4.74 Å². The molecule has 35 heavy (non-hydrogen) atoms. The van der Waals surface area contributed by atoms with Gasteiger partial charge in [0.05, 0.1) is 12.1 Å². The summed E-state index contributed by atoms with van der Waals surface area (Å²) in [6.07, 6.45) is 0. The van der Waals surface area contributed by atoms with Gasteiger partial charge < -0.3 is 18.9 Å². The van der Waals surface area contributed by atoms with Crippen molar-refractivity contribution in [1.82, 2.24) is 20.3 Å². The number of nitrogens with zero attached hydrogens (tertiary/aromatic N) is 3. The Balaban J connectivity index is 1.34. The third-order valence-corrected chi connectivity index (χ3v) is 7.07. The average molecular weight is 499 g/mol. The molecular weight excluding hydrogens is 475 g/mol. The number of hydrogen-bond donors (Lipinski definition) is 1. The van der Waals surface area contributed by atoms with E-state index in [0.29, 0.717) is 64.8 Å². The number of ether oxygens (including phenoxy) is 2. The van der Waals surface area contributed by atoms with Gasteiger partial charge in [-0.3, -0.25) is 14.1 Å². The van der Waals surface area contributed by atoms with Gasteiger partial charge in [0, 0.05) is 71.2 Å². The second kappa shape index (κ2) is 9.96. The van der Waals surface area contributed by atoms with E-state index in [1.807, 2.05) is 0 Å². The summed E-state index contributed by atoms with van der Waals surface area (Å²) in [5, 5.41) is 11.8. The average Bonchev–Trinajstić information content (AvgIpc) is 3.51. The number of benzene rings is 2. The Morgan fingerprint density at radius 3 is 2.69 bits per heavy atom. The Bertz CT molecular complexity index is 1370. The second-order valence-electron chi connectivity index (χ2n) is 8.04. The van der Waals surface area contributed by atoms with E-state index in [4.69, 9.17) is 14.0 Å². The van der Waals surface area contributed by atoms with Crippen molar-refractivity contribution in [3.05, 3.63) is 53.8 Å². The molecule has 5 rings (SSSR count). The molecule has 1 aliphatic rings. The molecule has 1 amide bonds. The molecule has 1 N–H and O–H groups in total. The molecule has 1 fully saturated rings. The zero-order valence-corrected chi connectivity index (χ0v) is 19.8. The number of amides is 1. The summed E-state index contributed by atoms with van der Waals surface area (Å²) in [5.74, 6) is 0.912. The van der Waals surface area contributed by atoms with Crippen molar-refractivity contribution in [3.63, 3.8) is 0 Å². The number of carbonyl (C=O) groups is 1. The molecule has 3 heterocycles. The SMILES string of the molecule is COCCOc1cc2[nH]nc(-c3cc(-c4ccc(C(=O)N5CCS(=O)CC5)cc4)no3)c2cc1F. The van der Waals surface area contributed by atoms with Crippen LogP contribution in [0.15, 0.2) is 47.0 Å². The van der Waals surface area contributed by atoms with Gasteiger partial charge >= 0.3 is 0 Å². The van der Waals surface area contributed by atoms with Crippen molar-refractivity contribution < 1.29 is 27.4 Å². The van der Waals surface area contributed by atoms with Crippen LogP contribution in [0, 0.1) is 5.82 Å². The summed E-state index contributed by atoms with van der Waals surface area (Å²) in [6.45, 7) is 1.58. The van der Waals surface area contributed by atoms with E-state index < -0.39 is 16.6 Å². The van der Waals surface area contributed by atoms with E-state index in [1.165, 1.54) is 6.07 Å². The van der Waals surface area contributed by atoms with Gasteiger partial charge in [-0.2, -0.15) is 5.10 Å². The summed E-state index contributed by atoms with van der Waals surface area (Å²) >= 11 is 0. The highest BCUT2D eigenvalue weighted by atomic mass is 32.2. The van der Waals surface area contributed by atoms with Gasteiger partial charge in [0.2, 0.25) is 0 Å². The Morgan fingerprint density at radius 2 is 1.94 bits per heavy atom. The highest BCUT2D eigenvalue weighted by Gasteiger charge is 2.22. The van der Waals surface area contributed by atoms with E-state index in [0.717, 1.165) is 5.56 Å². The highest BCUT2D eigenvalue weighted by Crippen LogP contribution is 2.33. The molecular formula is C24H23FN4O5S. The Hall–Kier alpha value is -3.57. The van der Waals surface area contributed by atoms with Gasteiger partial charge in [0.1, 0.15) is 18.0 Å². The molecule has 0 aliphatic carbocycles. The fraction of sp³-hybridized carbons (Fsp3) is 0.292. The topological polar surface area (TPSA) is 111 Å². The highest BCUT2D eigenvalue weighted by molar-refractivity contribution is 7.85. The maximum Gasteiger partial charge on any atom is 0.253 e. The van der Waals surface area contributed by atoms with Crippen LogP contribution in [-0.2, 0) is 15.5 Å². The smallest absolute Gasteiger partial charge is 0.253 e. The van der Waals surface area contributed by atoms with Crippen molar-refractivity contribution in [2.45, 2.75) is 0 Å². The largest absolute Gasteiger partial charge is 0.488 e. The summed E-state index contributed by atoms with van der Waals surface area (Å²) in [7, 11) is 0.708. The van der Waals surface area contributed by atoms with Gasteiger partial charge in [-0.05, 0) is 18.2 Å². The number of fused-ring (bicyclic) bond motifs is 1. The number of nitrogens with one attached hydrogen (secondary N) is 1. The predicted molar refractivity (Wildman–Crippen MR) is 128 cm³/mol. The maximum atomic E-state index is 14.5. The minimum Gasteiger partial charge on any atom is -0.488 e. The van der Waals surface area contributed by atoms with Crippen LogP contribution in [0.4, 0.5) is 4.39 Å². The minimum absolute atomic E-state index is 0.0790. The molecule has 2 aromatic heterocycles. The minimum atomic E-state index is -0.838. The van der Waals surface area contributed by atoms with Crippen molar-refractivity contribution >= 4 is 27.6 Å². The Kier molecular flexibility index (Phi) is 6.60. The molecule has 11 heteroatoms. The number of aromatic amines is 1. The molecule has 4 aromatic rings. The van der Waals surface area contributed by atoms with Gasteiger partial charge in [-0.1, -0.05) is 17.3 Å². The molecule has 0 saturated carbocycles. The van der Waals surface area contributed by atoms with Crippen molar-refractivity contribution in [2.75, 3.05) is 44.9 Å². The normalized spacial score (nSPS) is 14.5. The molecule has 0 atom stereocenters. The first-order chi connectivity index (χ1) is 17.0. The number of H-pyrrole nitrogens is 1. The number of aromatic nitrogens is 3. The molecule has 1 saturated heterocycles. The summed E-state index contributed by atoms with van der Waals surface area (Å²) in [5.41, 5.74) is 2.90. The lowest BCUT2D eigenvalue weighted by atomic mass is 10.1. The van der Waals surface area contributed by atoms with E-state index >= 15 is 0 Å². The van der Waals surface area contributed by atoms with E-state index in [-0.39, 0.29) is 18.3 Å². The summed E-state index contributed by atoms with van der Waals surface area (Å²) < 4.78 is 41.9. The molecule has 0 spiro atoms. The number of methoxy groups -OCH3 is 1. The van der Waals surface area contributed by atoms with E-state index in [9.17, 15) is 13.4 Å². The lowest BCUT2D eigenvalue weighted by Crippen LogP contribution is -2.41. The zero-order chi connectivity index (χ0) is 24.4. The van der Waals surface area contributed by atoms with Gasteiger partial charge in [0.25, 0.3) is 5.91 Å². The molecule has 0 unspecified atom stereocenters. The molecule has 9 nitrogen and oxygen atoms in total. The van der Waals surface area contributed by atoms with Crippen LogP contribution in [0.25, 0.3) is 33.6 Å². The van der Waals surface area contributed by atoms with Gasteiger partial charge in [0.15, 0.2) is 17.3 Å². The monoisotopic (exact) mass is 498 g/mol. The number of halogens is 1. The first-order valence-electron chi connectivity index (χ1n) is 11.0. The molecule has 0 radical (unpaired) electrons. The van der Waals surface area contributed by atoms with Crippen LogP contribution in [0.3, 0.4) is 0 Å². The fourth-order valence-electron chi connectivity index (χ4n) is 3.88. The van der Waals surface area contributed by atoms with Crippen LogP contribution >= 0.6 is 0 Å². The quantitative estimate of drug-likeness (QED) is 0.390. The first kappa shape index (κ1) is 23.2. The van der Waals surface area contributed by atoms with Gasteiger partial charge in [-0.25, -0.2) is 4.39 Å². The standard InChI is InChI=1S/C24H23FN4O5S/c1-32-8-9-33-21-14-20-17(12-18(21)25)23(27-26-20)22-13-19(28-34-22)15-2-4-16(5-3-15)24(30)29-6-10-35(31)11-7-29/h2-5,12-14H,6-11H2,1H3,(H,26,27). The number of carbonyl (C=O) groups excluding carboxylic acids is 1. The van der Waals surface area contributed by atoms with Crippen LogP contribution in [0.1, 0.15) is 10.4 Å². The van der Waals surface area contributed by atoms with E-state index in [1.54, 1.807) is 48.4 Å². The first-order valence-corrected chi connectivity index (χ1v) is 12.5. The third kappa shape index (κ3) is 4.82. The lowest BCUT2D eigenvalue weighted by Gasteiger charge is -2.26. The fourth-order valence-corrected chi connectivity index (χ4v) is 4.93. The molecule has 2 aromatic carbocycles. The number of hydrogen-bond acceptors (Lipinski definition) is 7. The molecule has 0 bridgehead atoms. The van der Waals surface area contributed by atoms with Crippen LogP contribution in [0.2, 0.25) is 0 Å². The summed E-state index contributed by atoms with van der Waals surface area (Å²) in [6, 6.07) is 11.7. The van der Waals surface area contributed by atoms with Crippen molar-refractivity contribution in [3.8, 4) is 28.5 Å². The Morgan fingerprint density at radius 1 is 1.17 bits per heavy atom. The van der Waals surface area contributed by atoms with Gasteiger partial charge in [-0.15, -0.1) is 0 Å².